The van der Waals surface area contributed by atoms with Crippen LogP contribution in [0, 0.1) is 0 Å². The van der Waals surface area contributed by atoms with E-state index in [-0.39, 0.29) is 6.04 Å². The first-order valence-electron chi connectivity index (χ1n) is 7.32. The van der Waals surface area contributed by atoms with E-state index < -0.39 is 10.2 Å². The van der Waals surface area contributed by atoms with Gasteiger partial charge in [0.2, 0.25) is 0 Å². The number of likely N-dealkylation sites (N-methyl/N-ethyl adjacent to an activating group) is 1. The summed E-state index contributed by atoms with van der Waals surface area (Å²) in [5.74, 6) is 0. The van der Waals surface area contributed by atoms with Crippen LogP contribution in [0.1, 0.15) is 25.1 Å². The Balaban J connectivity index is 2.54. The summed E-state index contributed by atoms with van der Waals surface area (Å²) in [5, 5.41) is 5.22. The third kappa shape index (κ3) is 5.67. The summed E-state index contributed by atoms with van der Waals surface area (Å²) in [7, 11) is -0.0755. The van der Waals surface area contributed by atoms with Gasteiger partial charge in [0.25, 0.3) is 10.2 Å². The van der Waals surface area contributed by atoms with Crippen molar-refractivity contribution in [3.05, 3.63) is 22.4 Å². The number of thiophene rings is 1. The zero-order chi connectivity index (χ0) is 15.9. The highest BCUT2D eigenvalue weighted by Gasteiger charge is 2.27. The van der Waals surface area contributed by atoms with Crippen LogP contribution in [0.15, 0.2) is 17.5 Å². The van der Waals surface area contributed by atoms with Crippen molar-refractivity contribution in [2.75, 3.05) is 33.7 Å². The normalized spacial score (nSPS) is 14.0. The molecule has 0 aliphatic heterocycles. The van der Waals surface area contributed by atoms with E-state index in [1.165, 1.54) is 13.5 Å². The summed E-state index contributed by atoms with van der Waals surface area (Å²) < 4.78 is 27.9. The van der Waals surface area contributed by atoms with Gasteiger partial charge in [0.1, 0.15) is 0 Å². The minimum atomic E-state index is -3.39. The maximum atomic E-state index is 12.5. The lowest BCUT2D eigenvalue weighted by Crippen LogP contribution is -2.45. The molecule has 1 aromatic rings. The van der Waals surface area contributed by atoms with Crippen LogP contribution in [-0.4, -0.2) is 56.8 Å². The van der Waals surface area contributed by atoms with Crippen molar-refractivity contribution in [3.8, 4) is 0 Å². The van der Waals surface area contributed by atoms with Crippen molar-refractivity contribution in [2.45, 2.75) is 32.7 Å². The van der Waals surface area contributed by atoms with E-state index in [0.29, 0.717) is 6.54 Å². The van der Waals surface area contributed by atoms with E-state index in [1.807, 2.05) is 31.4 Å². The fourth-order valence-electron chi connectivity index (χ4n) is 2.01. The highest BCUT2D eigenvalue weighted by Crippen LogP contribution is 2.16. The zero-order valence-electron chi connectivity index (χ0n) is 13.4. The minimum absolute atomic E-state index is 0.0510. The van der Waals surface area contributed by atoms with Gasteiger partial charge in [0.15, 0.2) is 0 Å². The molecule has 1 rings (SSSR count). The van der Waals surface area contributed by atoms with Crippen LogP contribution in [-0.2, 0) is 16.6 Å². The molecule has 1 aromatic heterocycles. The van der Waals surface area contributed by atoms with Crippen molar-refractivity contribution in [2.24, 2.45) is 0 Å². The van der Waals surface area contributed by atoms with Crippen LogP contribution in [0.2, 0.25) is 0 Å². The molecule has 0 amide bonds. The molecule has 5 nitrogen and oxygen atoms in total. The van der Waals surface area contributed by atoms with Gasteiger partial charge in [-0.25, -0.2) is 0 Å². The van der Waals surface area contributed by atoms with Gasteiger partial charge in [-0.05, 0) is 44.3 Å². The Morgan fingerprint density at radius 2 is 2.10 bits per heavy atom. The average molecular weight is 334 g/mol. The molecular weight excluding hydrogens is 306 g/mol. The number of nitrogens with one attached hydrogen (secondary N) is 1. The molecule has 0 radical (unpaired) electrons. The van der Waals surface area contributed by atoms with E-state index in [1.54, 1.807) is 25.4 Å². The van der Waals surface area contributed by atoms with E-state index >= 15 is 0 Å². The first-order valence-corrected chi connectivity index (χ1v) is 9.59. The SMILES string of the molecule is CCNCCCN(C)S(=O)(=O)N(C)C(C)Cc1cccs1. The molecule has 0 aliphatic carbocycles. The Labute approximate surface area is 133 Å². The number of nitrogens with zero attached hydrogens (tertiary/aromatic N) is 2. The Kier molecular flexibility index (Phi) is 7.83. The van der Waals surface area contributed by atoms with Crippen molar-refractivity contribution >= 4 is 21.5 Å². The Hall–Kier alpha value is -0.470. The lowest BCUT2D eigenvalue weighted by molar-refractivity contribution is 0.342. The van der Waals surface area contributed by atoms with Crippen LogP contribution >= 0.6 is 11.3 Å². The highest BCUT2D eigenvalue weighted by atomic mass is 32.2. The molecule has 0 bridgehead atoms. The molecule has 21 heavy (non-hydrogen) atoms. The van der Waals surface area contributed by atoms with Crippen molar-refractivity contribution < 1.29 is 8.42 Å². The maximum absolute atomic E-state index is 12.5. The molecule has 0 aromatic carbocycles. The first kappa shape index (κ1) is 18.6. The fraction of sp³-hybridized carbons (Fsp3) is 0.714. The fourth-order valence-corrected chi connectivity index (χ4v) is 4.17. The summed E-state index contributed by atoms with van der Waals surface area (Å²) in [6, 6.07) is 3.99. The smallest absolute Gasteiger partial charge is 0.281 e. The molecule has 7 heteroatoms. The summed E-state index contributed by atoms with van der Waals surface area (Å²) in [6.07, 6.45) is 1.56. The minimum Gasteiger partial charge on any atom is -0.317 e. The van der Waals surface area contributed by atoms with Gasteiger partial charge >= 0.3 is 0 Å². The molecule has 1 atom stereocenters. The molecule has 0 spiro atoms. The van der Waals surface area contributed by atoms with E-state index in [9.17, 15) is 8.42 Å². The second-order valence-corrected chi connectivity index (χ2v) is 8.31. The second-order valence-electron chi connectivity index (χ2n) is 5.19. The predicted molar refractivity (Wildman–Crippen MR) is 90.0 cm³/mol. The molecule has 1 heterocycles. The molecule has 0 fully saturated rings. The van der Waals surface area contributed by atoms with Crippen LogP contribution in [0.25, 0.3) is 0 Å². The molecule has 1 unspecified atom stereocenters. The van der Waals surface area contributed by atoms with Crippen LogP contribution in [0.3, 0.4) is 0 Å². The Morgan fingerprint density at radius 1 is 1.38 bits per heavy atom. The molecule has 122 valence electrons. The van der Waals surface area contributed by atoms with Crippen LogP contribution in [0.5, 0.6) is 0 Å². The Bertz CT molecular complexity index is 488. The quantitative estimate of drug-likeness (QED) is 0.664. The van der Waals surface area contributed by atoms with Crippen molar-refractivity contribution in [1.29, 1.82) is 0 Å². The number of hydrogen-bond donors (Lipinski definition) is 1. The molecule has 0 saturated heterocycles. The average Bonchev–Trinajstić information content (AvgIpc) is 2.95. The Morgan fingerprint density at radius 3 is 2.67 bits per heavy atom. The maximum Gasteiger partial charge on any atom is 0.281 e. The van der Waals surface area contributed by atoms with Crippen LogP contribution < -0.4 is 5.32 Å². The topological polar surface area (TPSA) is 52.7 Å². The summed E-state index contributed by atoms with van der Waals surface area (Å²) in [5.41, 5.74) is 0. The third-order valence-electron chi connectivity index (χ3n) is 3.53. The van der Waals surface area contributed by atoms with Gasteiger partial charge in [-0.2, -0.15) is 17.0 Å². The van der Waals surface area contributed by atoms with Gasteiger partial charge < -0.3 is 5.32 Å². The molecule has 1 N–H and O–H groups in total. The summed E-state index contributed by atoms with van der Waals surface area (Å²) in [4.78, 5) is 1.21. The largest absolute Gasteiger partial charge is 0.317 e. The lowest BCUT2D eigenvalue weighted by Gasteiger charge is -2.28. The molecule has 0 saturated carbocycles. The standard InChI is InChI=1S/C14H27N3O2S2/c1-5-15-9-7-10-16(3)21(18,19)17(4)13(2)12-14-8-6-11-20-14/h6,8,11,13,15H,5,7,9-10,12H2,1-4H3. The van der Waals surface area contributed by atoms with Gasteiger partial charge in [-0.3, -0.25) is 0 Å². The monoisotopic (exact) mass is 333 g/mol. The molecule has 0 aliphatic rings. The van der Waals surface area contributed by atoms with Crippen LogP contribution in [0.4, 0.5) is 0 Å². The van der Waals surface area contributed by atoms with Gasteiger partial charge in [-0.1, -0.05) is 13.0 Å². The van der Waals surface area contributed by atoms with E-state index in [0.717, 1.165) is 25.9 Å². The highest BCUT2D eigenvalue weighted by molar-refractivity contribution is 7.86. The summed E-state index contributed by atoms with van der Waals surface area (Å²) >= 11 is 1.66. The van der Waals surface area contributed by atoms with Crippen molar-refractivity contribution in [3.63, 3.8) is 0 Å². The van der Waals surface area contributed by atoms with E-state index in [4.69, 9.17) is 0 Å². The zero-order valence-corrected chi connectivity index (χ0v) is 15.0. The van der Waals surface area contributed by atoms with Gasteiger partial charge in [0, 0.05) is 31.6 Å². The lowest BCUT2D eigenvalue weighted by atomic mass is 10.2. The van der Waals surface area contributed by atoms with E-state index in [2.05, 4.69) is 5.32 Å². The predicted octanol–water partition coefficient (Wildman–Crippen LogP) is 1.79. The first-order chi connectivity index (χ1) is 9.89. The molecular formula is C14H27N3O2S2. The summed E-state index contributed by atoms with van der Waals surface area (Å²) in [6.45, 7) is 6.27. The van der Waals surface area contributed by atoms with Gasteiger partial charge in [-0.15, -0.1) is 11.3 Å². The number of rotatable bonds is 10. The van der Waals surface area contributed by atoms with Crippen molar-refractivity contribution in [1.82, 2.24) is 13.9 Å². The second kappa shape index (κ2) is 8.85. The number of hydrogen-bond acceptors (Lipinski definition) is 4. The third-order valence-corrected chi connectivity index (χ3v) is 6.49. The van der Waals surface area contributed by atoms with Gasteiger partial charge in [0.05, 0.1) is 0 Å².